The normalized spacial score (nSPS) is 10.2. The van der Waals surface area contributed by atoms with Gasteiger partial charge in [-0.15, -0.1) is 0 Å². The van der Waals surface area contributed by atoms with Crippen molar-refractivity contribution in [1.82, 2.24) is 0 Å². The number of aryl methyl sites for hydroxylation is 1. The third kappa shape index (κ3) is 4.07. The lowest BCUT2D eigenvalue weighted by atomic mass is 10.1. The number of benzene rings is 2. The largest absolute Gasteiger partial charge is 0.478 e. The zero-order valence-electron chi connectivity index (χ0n) is 11.4. The highest BCUT2D eigenvalue weighted by atomic mass is 35.5. The molecular formula is C16H14ClNO3. The summed E-state index contributed by atoms with van der Waals surface area (Å²) in [7, 11) is 0. The number of halogens is 1. The predicted molar refractivity (Wildman–Crippen MR) is 81.9 cm³/mol. The Balaban J connectivity index is 2.07. The molecule has 0 heterocycles. The minimum Gasteiger partial charge on any atom is -0.478 e. The van der Waals surface area contributed by atoms with Crippen molar-refractivity contribution in [2.24, 2.45) is 0 Å². The van der Waals surface area contributed by atoms with Gasteiger partial charge in [0.05, 0.1) is 17.0 Å². The molecule has 2 aromatic rings. The van der Waals surface area contributed by atoms with Crippen LogP contribution in [0.5, 0.6) is 0 Å². The SMILES string of the molecule is Cc1ccc(CC(=O)Nc2ccc(Cl)c(C(=O)O)c2)cc1. The van der Waals surface area contributed by atoms with E-state index >= 15 is 0 Å². The summed E-state index contributed by atoms with van der Waals surface area (Å²) in [5, 5.41) is 11.8. The van der Waals surface area contributed by atoms with E-state index in [9.17, 15) is 9.59 Å². The second-order valence-corrected chi connectivity index (χ2v) is 5.12. The summed E-state index contributed by atoms with van der Waals surface area (Å²) >= 11 is 5.78. The van der Waals surface area contributed by atoms with Crippen molar-refractivity contribution >= 4 is 29.2 Å². The van der Waals surface area contributed by atoms with Crippen molar-refractivity contribution in [3.05, 3.63) is 64.2 Å². The molecule has 0 saturated heterocycles. The molecule has 0 radical (unpaired) electrons. The van der Waals surface area contributed by atoms with Crippen molar-refractivity contribution in [3.63, 3.8) is 0 Å². The standard InChI is InChI=1S/C16H14ClNO3/c1-10-2-4-11(5-3-10)8-15(19)18-12-6-7-14(17)13(9-12)16(20)21/h2-7,9H,8H2,1H3,(H,18,19)(H,20,21). The summed E-state index contributed by atoms with van der Waals surface area (Å²) < 4.78 is 0. The second kappa shape index (κ2) is 6.41. The Morgan fingerprint density at radius 2 is 1.81 bits per heavy atom. The Kier molecular flexibility index (Phi) is 4.60. The number of nitrogens with one attached hydrogen (secondary N) is 1. The average Bonchev–Trinajstić information content (AvgIpc) is 2.43. The summed E-state index contributed by atoms with van der Waals surface area (Å²) in [4.78, 5) is 22.9. The number of hydrogen-bond donors (Lipinski definition) is 2. The van der Waals surface area contributed by atoms with Crippen LogP contribution in [0.15, 0.2) is 42.5 Å². The number of amides is 1. The molecule has 21 heavy (non-hydrogen) atoms. The van der Waals surface area contributed by atoms with Crippen LogP contribution < -0.4 is 5.32 Å². The number of carbonyl (C=O) groups excluding carboxylic acids is 1. The fourth-order valence-corrected chi connectivity index (χ4v) is 2.06. The fourth-order valence-electron chi connectivity index (χ4n) is 1.86. The number of rotatable bonds is 4. The average molecular weight is 304 g/mol. The highest BCUT2D eigenvalue weighted by Gasteiger charge is 2.11. The number of carboxylic acids is 1. The van der Waals surface area contributed by atoms with Crippen molar-refractivity contribution in [3.8, 4) is 0 Å². The summed E-state index contributed by atoms with van der Waals surface area (Å²) in [6, 6.07) is 12.0. The first-order chi connectivity index (χ1) is 9.95. The van der Waals surface area contributed by atoms with Crippen LogP contribution >= 0.6 is 11.6 Å². The molecule has 0 aliphatic heterocycles. The third-order valence-corrected chi connectivity index (χ3v) is 3.30. The van der Waals surface area contributed by atoms with E-state index in [0.717, 1.165) is 11.1 Å². The van der Waals surface area contributed by atoms with Gasteiger partial charge in [0.15, 0.2) is 0 Å². The number of carboxylic acid groups (broad SMARTS) is 1. The predicted octanol–water partition coefficient (Wildman–Crippen LogP) is 3.53. The lowest BCUT2D eigenvalue weighted by Crippen LogP contribution is -2.14. The van der Waals surface area contributed by atoms with E-state index in [-0.39, 0.29) is 22.9 Å². The smallest absolute Gasteiger partial charge is 0.337 e. The monoisotopic (exact) mass is 303 g/mol. The molecule has 0 bridgehead atoms. The topological polar surface area (TPSA) is 66.4 Å². The molecular weight excluding hydrogens is 290 g/mol. The van der Waals surface area contributed by atoms with Gasteiger partial charge in [-0.3, -0.25) is 4.79 Å². The van der Waals surface area contributed by atoms with Crippen molar-refractivity contribution in [1.29, 1.82) is 0 Å². The zero-order chi connectivity index (χ0) is 15.4. The minimum atomic E-state index is -1.13. The Morgan fingerprint density at radius 3 is 2.43 bits per heavy atom. The molecule has 0 spiro atoms. The van der Waals surface area contributed by atoms with E-state index in [0.29, 0.717) is 5.69 Å². The molecule has 0 saturated carbocycles. The lowest BCUT2D eigenvalue weighted by molar-refractivity contribution is -0.115. The molecule has 0 fully saturated rings. The van der Waals surface area contributed by atoms with E-state index in [1.54, 1.807) is 6.07 Å². The van der Waals surface area contributed by atoms with Gasteiger partial charge in [0.1, 0.15) is 0 Å². The van der Waals surface area contributed by atoms with Crippen LogP contribution in [0.4, 0.5) is 5.69 Å². The minimum absolute atomic E-state index is 0.0372. The van der Waals surface area contributed by atoms with Gasteiger partial charge in [-0.1, -0.05) is 41.4 Å². The van der Waals surface area contributed by atoms with E-state index in [2.05, 4.69) is 5.32 Å². The molecule has 2 N–H and O–H groups in total. The number of carbonyl (C=O) groups is 2. The van der Waals surface area contributed by atoms with E-state index < -0.39 is 5.97 Å². The molecule has 5 heteroatoms. The molecule has 1 amide bonds. The van der Waals surface area contributed by atoms with E-state index in [4.69, 9.17) is 16.7 Å². The van der Waals surface area contributed by atoms with E-state index in [1.807, 2.05) is 31.2 Å². The molecule has 0 aliphatic rings. The van der Waals surface area contributed by atoms with Crippen molar-refractivity contribution in [2.45, 2.75) is 13.3 Å². The van der Waals surface area contributed by atoms with Gasteiger partial charge in [0.25, 0.3) is 0 Å². The molecule has 0 aromatic heterocycles. The Labute approximate surface area is 127 Å². The summed E-state index contributed by atoms with van der Waals surface area (Å²) in [6.45, 7) is 1.98. The summed E-state index contributed by atoms with van der Waals surface area (Å²) in [6.07, 6.45) is 0.227. The van der Waals surface area contributed by atoms with Crippen LogP contribution in [0.2, 0.25) is 5.02 Å². The molecule has 0 aliphatic carbocycles. The molecule has 2 rings (SSSR count). The number of aromatic carboxylic acids is 1. The quantitative estimate of drug-likeness (QED) is 0.908. The number of hydrogen-bond acceptors (Lipinski definition) is 2. The van der Waals surface area contributed by atoms with Crippen LogP contribution in [-0.2, 0) is 11.2 Å². The maximum atomic E-state index is 11.9. The van der Waals surface area contributed by atoms with Gasteiger partial charge in [0, 0.05) is 5.69 Å². The molecule has 2 aromatic carbocycles. The lowest BCUT2D eigenvalue weighted by Gasteiger charge is -2.07. The van der Waals surface area contributed by atoms with Crippen LogP contribution in [0, 0.1) is 6.92 Å². The van der Waals surface area contributed by atoms with Crippen LogP contribution in [0.1, 0.15) is 21.5 Å². The summed E-state index contributed by atoms with van der Waals surface area (Å²) in [5.41, 5.74) is 2.40. The van der Waals surface area contributed by atoms with Crippen molar-refractivity contribution in [2.75, 3.05) is 5.32 Å². The van der Waals surface area contributed by atoms with Gasteiger partial charge in [0.2, 0.25) is 5.91 Å². The van der Waals surface area contributed by atoms with Crippen LogP contribution in [-0.4, -0.2) is 17.0 Å². The second-order valence-electron chi connectivity index (χ2n) is 4.71. The first-order valence-corrected chi connectivity index (χ1v) is 6.72. The maximum Gasteiger partial charge on any atom is 0.337 e. The van der Waals surface area contributed by atoms with Gasteiger partial charge < -0.3 is 10.4 Å². The molecule has 0 unspecified atom stereocenters. The highest BCUT2D eigenvalue weighted by molar-refractivity contribution is 6.33. The van der Waals surface area contributed by atoms with Gasteiger partial charge in [-0.05, 0) is 30.7 Å². The maximum absolute atomic E-state index is 11.9. The fraction of sp³-hybridized carbons (Fsp3) is 0.125. The third-order valence-electron chi connectivity index (χ3n) is 2.97. The highest BCUT2D eigenvalue weighted by Crippen LogP contribution is 2.20. The van der Waals surface area contributed by atoms with Gasteiger partial charge >= 0.3 is 5.97 Å². The van der Waals surface area contributed by atoms with Crippen LogP contribution in [0.3, 0.4) is 0 Å². The molecule has 0 atom stereocenters. The van der Waals surface area contributed by atoms with E-state index in [1.165, 1.54) is 12.1 Å². The molecule has 108 valence electrons. The van der Waals surface area contributed by atoms with Gasteiger partial charge in [-0.25, -0.2) is 4.79 Å². The zero-order valence-corrected chi connectivity index (χ0v) is 12.1. The Bertz CT molecular complexity index is 680. The van der Waals surface area contributed by atoms with Crippen LogP contribution in [0.25, 0.3) is 0 Å². The first kappa shape index (κ1) is 15.1. The first-order valence-electron chi connectivity index (χ1n) is 6.34. The number of anilines is 1. The molecule has 4 nitrogen and oxygen atoms in total. The summed E-state index contributed by atoms with van der Waals surface area (Å²) in [5.74, 6) is -1.34. The van der Waals surface area contributed by atoms with Crippen molar-refractivity contribution < 1.29 is 14.7 Å². The Hall–Kier alpha value is -2.33. The Morgan fingerprint density at radius 1 is 1.14 bits per heavy atom. The van der Waals surface area contributed by atoms with Gasteiger partial charge in [-0.2, -0.15) is 0 Å².